The molecule has 0 radical (unpaired) electrons. The van der Waals surface area contributed by atoms with Gasteiger partial charge >= 0.3 is 13.1 Å². The van der Waals surface area contributed by atoms with Crippen molar-refractivity contribution in [3.63, 3.8) is 0 Å². The molecule has 1 rings (SSSR count). The zero-order chi connectivity index (χ0) is 10.0. The van der Waals surface area contributed by atoms with Crippen LogP contribution in [0.25, 0.3) is 0 Å². The number of halogens is 1. The second-order valence-electron chi connectivity index (χ2n) is 2.42. The fourth-order valence-corrected chi connectivity index (χ4v) is 1.15. The van der Waals surface area contributed by atoms with Gasteiger partial charge in [-0.1, -0.05) is 17.7 Å². The second kappa shape index (κ2) is 3.78. The molecule has 0 heterocycles. The predicted molar refractivity (Wildman–Crippen MR) is 48.2 cm³/mol. The highest BCUT2D eigenvalue weighted by molar-refractivity contribution is 6.62. The summed E-state index contributed by atoms with van der Waals surface area (Å²) in [5.41, 5.74) is 0.0982. The number of hydrogen-bond donors (Lipinski definition) is 3. The van der Waals surface area contributed by atoms with Crippen molar-refractivity contribution in [2.45, 2.75) is 0 Å². The molecule has 0 saturated heterocycles. The van der Waals surface area contributed by atoms with Crippen LogP contribution in [0.3, 0.4) is 0 Å². The lowest BCUT2D eigenvalue weighted by Gasteiger charge is -2.02. The molecule has 0 fully saturated rings. The number of aromatic carboxylic acids is 1. The van der Waals surface area contributed by atoms with Crippen LogP contribution in [-0.4, -0.2) is 28.2 Å². The van der Waals surface area contributed by atoms with E-state index in [0.29, 0.717) is 0 Å². The SMILES string of the molecule is O=C(O)c1ccc(B(O)O)c(Cl)c1. The Kier molecular flexibility index (Phi) is 2.92. The van der Waals surface area contributed by atoms with Crippen LogP contribution in [0.1, 0.15) is 10.4 Å². The quantitative estimate of drug-likeness (QED) is 0.574. The van der Waals surface area contributed by atoms with E-state index in [0.717, 1.165) is 0 Å². The topological polar surface area (TPSA) is 77.8 Å². The molecule has 0 bridgehead atoms. The molecule has 0 aliphatic heterocycles. The predicted octanol–water partition coefficient (Wildman–Crippen LogP) is -0.282. The van der Waals surface area contributed by atoms with Crippen LogP contribution >= 0.6 is 11.6 Å². The highest BCUT2D eigenvalue weighted by atomic mass is 35.5. The lowest BCUT2D eigenvalue weighted by atomic mass is 9.80. The molecule has 13 heavy (non-hydrogen) atoms. The minimum atomic E-state index is -1.68. The van der Waals surface area contributed by atoms with E-state index in [-0.39, 0.29) is 16.0 Å². The van der Waals surface area contributed by atoms with E-state index in [1.165, 1.54) is 18.2 Å². The zero-order valence-corrected chi connectivity index (χ0v) is 7.19. The summed E-state index contributed by atoms with van der Waals surface area (Å²) < 4.78 is 0. The van der Waals surface area contributed by atoms with Crippen molar-refractivity contribution in [1.82, 2.24) is 0 Å². The third kappa shape index (κ3) is 2.21. The standard InChI is InChI=1S/C7H6BClO4/c9-6-3-4(7(10)11)1-2-5(6)8(12)13/h1-3,12-13H,(H,10,11). The van der Waals surface area contributed by atoms with Crippen LogP contribution in [0.15, 0.2) is 18.2 Å². The van der Waals surface area contributed by atoms with E-state index in [1.54, 1.807) is 0 Å². The molecule has 68 valence electrons. The summed E-state index contributed by atoms with van der Waals surface area (Å²) in [4.78, 5) is 10.5. The largest absolute Gasteiger partial charge is 0.489 e. The van der Waals surface area contributed by atoms with Gasteiger partial charge in [-0.15, -0.1) is 0 Å². The van der Waals surface area contributed by atoms with E-state index in [9.17, 15) is 4.79 Å². The van der Waals surface area contributed by atoms with Gasteiger partial charge in [0.2, 0.25) is 0 Å². The van der Waals surface area contributed by atoms with Gasteiger partial charge in [0.1, 0.15) is 0 Å². The van der Waals surface area contributed by atoms with Crippen LogP contribution in [0.5, 0.6) is 0 Å². The molecule has 0 spiro atoms. The Morgan fingerprint density at radius 1 is 1.38 bits per heavy atom. The lowest BCUT2D eigenvalue weighted by molar-refractivity contribution is 0.0697. The van der Waals surface area contributed by atoms with Crippen molar-refractivity contribution in [2.75, 3.05) is 0 Å². The van der Waals surface area contributed by atoms with Crippen LogP contribution in [0, 0.1) is 0 Å². The molecule has 0 amide bonds. The molecule has 6 heteroatoms. The fourth-order valence-electron chi connectivity index (χ4n) is 0.870. The lowest BCUT2D eigenvalue weighted by Crippen LogP contribution is -2.30. The van der Waals surface area contributed by atoms with Crippen molar-refractivity contribution >= 4 is 30.2 Å². The Balaban J connectivity index is 3.13. The minimum Gasteiger partial charge on any atom is -0.478 e. The van der Waals surface area contributed by atoms with Crippen molar-refractivity contribution in [3.05, 3.63) is 28.8 Å². The van der Waals surface area contributed by atoms with Crippen LogP contribution in [0.2, 0.25) is 5.02 Å². The average Bonchev–Trinajstić information content (AvgIpc) is 2.03. The summed E-state index contributed by atoms with van der Waals surface area (Å²) in [7, 11) is -1.68. The van der Waals surface area contributed by atoms with Gasteiger partial charge in [-0.2, -0.15) is 0 Å². The van der Waals surface area contributed by atoms with Gasteiger partial charge < -0.3 is 15.2 Å². The van der Waals surface area contributed by atoms with E-state index in [1.807, 2.05) is 0 Å². The molecule has 4 nitrogen and oxygen atoms in total. The number of benzene rings is 1. The fraction of sp³-hybridized carbons (Fsp3) is 0. The Morgan fingerprint density at radius 2 is 2.00 bits per heavy atom. The third-order valence-corrected chi connectivity index (χ3v) is 1.85. The zero-order valence-electron chi connectivity index (χ0n) is 6.44. The third-order valence-electron chi connectivity index (χ3n) is 1.53. The first-order chi connectivity index (χ1) is 6.02. The van der Waals surface area contributed by atoms with Gasteiger partial charge in [0.25, 0.3) is 0 Å². The summed E-state index contributed by atoms with van der Waals surface area (Å²) in [6.45, 7) is 0. The highest BCUT2D eigenvalue weighted by Crippen LogP contribution is 2.09. The first kappa shape index (κ1) is 10.0. The minimum absolute atomic E-state index is 0.00870. The maximum Gasteiger partial charge on any atom is 0.489 e. The van der Waals surface area contributed by atoms with Crippen molar-refractivity contribution in [2.24, 2.45) is 0 Å². The molecule has 3 N–H and O–H groups in total. The second-order valence-corrected chi connectivity index (χ2v) is 2.82. The number of carbonyl (C=O) groups is 1. The molecular formula is C7H6BClO4. The van der Waals surface area contributed by atoms with Gasteiger partial charge in [0, 0.05) is 10.5 Å². The molecule has 0 aliphatic carbocycles. The maximum absolute atomic E-state index is 10.5. The van der Waals surface area contributed by atoms with E-state index < -0.39 is 13.1 Å². The normalized spacial score (nSPS) is 9.77. The van der Waals surface area contributed by atoms with Gasteiger partial charge in [0.05, 0.1) is 5.56 Å². The van der Waals surface area contributed by atoms with Gasteiger partial charge in [0.15, 0.2) is 0 Å². The summed E-state index contributed by atoms with van der Waals surface area (Å²) in [6.07, 6.45) is 0. The van der Waals surface area contributed by atoms with E-state index >= 15 is 0 Å². The first-order valence-corrected chi connectivity index (χ1v) is 3.79. The first-order valence-electron chi connectivity index (χ1n) is 3.41. The van der Waals surface area contributed by atoms with Crippen LogP contribution in [0.4, 0.5) is 0 Å². The summed E-state index contributed by atoms with van der Waals surface area (Å²) in [5.74, 6) is -1.11. The summed E-state index contributed by atoms with van der Waals surface area (Å²) >= 11 is 5.59. The molecule has 0 aliphatic rings. The number of hydrogen-bond acceptors (Lipinski definition) is 3. The van der Waals surface area contributed by atoms with Crippen LogP contribution in [-0.2, 0) is 0 Å². The number of carboxylic acid groups (broad SMARTS) is 1. The Bertz CT molecular complexity index is 339. The molecule has 0 saturated carbocycles. The van der Waals surface area contributed by atoms with Crippen molar-refractivity contribution in [3.8, 4) is 0 Å². The smallest absolute Gasteiger partial charge is 0.478 e. The average molecular weight is 200 g/mol. The van der Waals surface area contributed by atoms with E-state index in [2.05, 4.69) is 0 Å². The molecular weight excluding hydrogens is 194 g/mol. The van der Waals surface area contributed by atoms with Gasteiger partial charge in [-0.25, -0.2) is 4.79 Å². The Hall–Kier alpha value is -1.04. The summed E-state index contributed by atoms with van der Waals surface area (Å²) in [5, 5.41) is 26.1. The van der Waals surface area contributed by atoms with Crippen molar-refractivity contribution < 1.29 is 19.9 Å². The molecule has 1 aromatic rings. The number of rotatable bonds is 2. The molecule has 0 unspecified atom stereocenters. The molecule has 0 aromatic heterocycles. The monoisotopic (exact) mass is 200 g/mol. The summed E-state index contributed by atoms with van der Waals surface area (Å²) in [6, 6.07) is 3.68. The van der Waals surface area contributed by atoms with Crippen LogP contribution < -0.4 is 5.46 Å². The molecule has 1 aromatic carbocycles. The Labute approximate surface area is 79.5 Å². The maximum atomic E-state index is 10.5. The van der Waals surface area contributed by atoms with Crippen molar-refractivity contribution in [1.29, 1.82) is 0 Å². The Morgan fingerprint density at radius 3 is 2.38 bits per heavy atom. The highest BCUT2D eigenvalue weighted by Gasteiger charge is 2.16. The van der Waals surface area contributed by atoms with E-state index in [4.69, 9.17) is 26.8 Å². The van der Waals surface area contributed by atoms with Gasteiger partial charge in [-0.3, -0.25) is 0 Å². The van der Waals surface area contributed by atoms with Gasteiger partial charge in [-0.05, 0) is 12.1 Å². The number of carboxylic acids is 1. The molecule has 0 atom stereocenters.